The number of aromatic nitrogens is 2. The quantitative estimate of drug-likeness (QED) is 0.936. The smallest absolute Gasteiger partial charge is 0.138 e. The third-order valence-electron chi connectivity index (χ3n) is 4.00. The number of hydrogen-bond donors (Lipinski definition) is 1. The number of nitrogens with zero attached hydrogens (tertiary/aromatic N) is 2. The second kappa shape index (κ2) is 5.06. The summed E-state index contributed by atoms with van der Waals surface area (Å²) in [7, 11) is 0. The van der Waals surface area contributed by atoms with E-state index in [-0.39, 0.29) is 0 Å². The van der Waals surface area contributed by atoms with E-state index in [9.17, 15) is 0 Å². The van der Waals surface area contributed by atoms with Crippen LogP contribution in [0.15, 0.2) is 6.33 Å². The summed E-state index contributed by atoms with van der Waals surface area (Å²) in [4.78, 5) is 11.2. The van der Waals surface area contributed by atoms with Crippen LogP contribution in [0, 0.1) is 19.8 Å². The van der Waals surface area contributed by atoms with Crippen molar-refractivity contribution in [2.24, 2.45) is 5.92 Å². The minimum Gasteiger partial charge on any atom is -0.381 e. The van der Waals surface area contributed by atoms with Gasteiger partial charge in [0.15, 0.2) is 0 Å². The van der Waals surface area contributed by atoms with E-state index in [1.54, 1.807) is 17.7 Å². The molecule has 0 radical (unpaired) electrons. The number of hydrogen-bond acceptors (Lipinski definition) is 5. The molecule has 3 rings (SSSR count). The van der Waals surface area contributed by atoms with Crippen LogP contribution in [0.5, 0.6) is 0 Å². The highest BCUT2D eigenvalue weighted by molar-refractivity contribution is 7.18. The molecule has 4 nitrogen and oxygen atoms in total. The Kier molecular flexibility index (Phi) is 3.41. The molecule has 102 valence electrons. The summed E-state index contributed by atoms with van der Waals surface area (Å²) in [6.07, 6.45) is 2.78. The topological polar surface area (TPSA) is 47.0 Å². The van der Waals surface area contributed by atoms with E-state index in [0.29, 0.717) is 12.0 Å². The predicted octanol–water partition coefficient (Wildman–Crippen LogP) is 3.15. The van der Waals surface area contributed by atoms with Crippen molar-refractivity contribution >= 4 is 27.4 Å². The molecule has 0 aromatic carbocycles. The van der Waals surface area contributed by atoms with E-state index in [1.807, 2.05) is 0 Å². The number of nitrogens with one attached hydrogen (secondary N) is 1. The normalized spacial score (nSPS) is 20.9. The largest absolute Gasteiger partial charge is 0.381 e. The Morgan fingerprint density at radius 3 is 3.00 bits per heavy atom. The van der Waals surface area contributed by atoms with Gasteiger partial charge in [0, 0.05) is 23.4 Å². The fraction of sp³-hybridized carbons (Fsp3) is 0.571. The molecule has 0 spiro atoms. The maximum absolute atomic E-state index is 5.46. The van der Waals surface area contributed by atoms with Gasteiger partial charge in [-0.2, -0.15) is 0 Å². The Hall–Kier alpha value is -1.20. The van der Waals surface area contributed by atoms with Crippen molar-refractivity contribution in [3.05, 3.63) is 16.8 Å². The fourth-order valence-electron chi connectivity index (χ4n) is 2.57. The predicted molar refractivity (Wildman–Crippen MR) is 78.9 cm³/mol. The zero-order valence-corrected chi connectivity index (χ0v) is 12.4. The second-order valence-electron chi connectivity index (χ2n) is 5.24. The molecular weight excluding hydrogens is 258 g/mol. The first kappa shape index (κ1) is 12.8. The van der Waals surface area contributed by atoms with Gasteiger partial charge in [-0.3, -0.25) is 0 Å². The molecule has 0 bridgehead atoms. The Morgan fingerprint density at radius 2 is 2.26 bits per heavy atom. The number of anilines is 1. The van der Waals surface area contributed by atoms with Crippen molar-refractivity contribution in [1.82, 2.24) is 9.97 Å². The lowest BCUT2D eigenvalue weighted by Crippen LogP contribution is -2.26. The zero-order valence-electron chi connectivity index (χ0n) is 11.6. The molecule has 1 N–H and O–H groups in total. The first-order valence-electron chi connectivity index (χ1n) is 6.72. The van der Waals surface area contributed by atoms with E-state index in [2.05, 4.69) is 36.1 Å². The summed E-state index contributed by atoms with van der Waals surface area (Å²) in [6, 6.07) is 0.375. The van der Waals surface area contributed by atoms with Crippen LogP contribution in [0.2, 0.25) is 0 Å². The highest BCUT2D eigenvalue weighted by Gasteiger charge is 2.23. The summed E-state index contributed by atoms with van der Waals surface area (Å²) in [5, 5.41) is 4.73. The molecule has 5 heteroatoms. The van der Waals surface area contributed by atoms with Gasteiger partial charge in [-0.05, 0) is 32.8 Å². The minimum absolute atomic E-state index is 0.375. The maximum atomic E-state index is 5.46. The molecule has 2 atom stereocenters. The third-order valence-corrected chi connectivity index (χ3v) is 5.12. The Labute approximate surface area is 117 Å². The van der Waals surface area contributed by atoms with Crippen LogP contribution in [0.25, 0.3) is 10.2 Å². The standard InChI is InChI=1S/C14H19N3OS/c1-8-10(3)19-14-12(8)13(15-7-16-14)17-9(2)11-4-5-18-6-11/h7,9,11H,4-6H2,1-3H3,(H,15,16,17). The molecule has 0 saturated carbocycles. The first-order chi connectivity index (χ1) is 9.16. The molecule has 2 aromatic rings. The SMILES string of the molecule is Cc1sc2ncnc(NC(C)C3CCOC3)c2c1C. The van der Waals surface area contributed by atoms with E-state index < -0.39 is 0 Å². The van der Waals surface area contributed by atoms with Crippen LogP contribution in [-0.2, 0) is 4.74 Å². The maximum Gasteiger partial charge on any atom is 0.138 e. The van der Waals surface area contributed by atoms with E-state index in [1.165, 1.54) is 15.8 Å². The van der Waals surface area contributed by atoms with Crippen LogP contribution < -0.4 is 5.32 Å². The van der Waals surface area contributed by atoms with E-state index in [0.717, 1.165) is 30.3 Å². The summed E-state index contributed by atoms with van der Waals surface area (Å²) in [6.45, 7) is 8.23. The molecule has 2 unspecified atom stereocenters. The highest BCUT2D eigenvalue weighted by Crippen LogP contribution is 2.33. The van der Waals surface area contributed by atoms with Crippen LogP contribution in [-0.4, -0.2) is 29.2 Å². The van der Waals surface area contributed by atoms with Crippen LogP contribution in [0.3, 0.4) is 0 Å². The summed E-state index contributed by atoms with van der Waals surface area (Å²) in [5.41, 5.74) is 1.29. The number of fused-ring (bicyclic) bond motifs is 1. The fourth-order valence-corrected chi connectivity index (χ4v) is 3.57. The lowest BCUT2D eigenvalue weighted by Gasteiger charge is -2.20. The van der Waals surface area contributed by atoms with Crippen molar-refractivity contribution in [3.63, 3.8) is 0 Å². The number of rotatable bonds is 3. The summed E-state index contributed by atoms with van der Waals surface area (Å²) < 4.78 is 5.46. The molecular formula is C14H19N3OS. The molecule has 0 aliphatic carbocycles. The monoisotopic (exact) mass is 277 g/mol. The lowest BCUT2D eigenvalue weighted by molar-refractivity contribution is 0.183. The number of aryl methyl sites for hydroxylation is 2. The van der Waals surface area contributed by atoms with Gasteiger partial charge in [0.1, 0.15) is 17.0 Å². The summed E-state index contributed by atoms with van der Waals surface area (Å²) in [5.74, 6) is 1.54. The molecule has 1 aliphatic heterocycles. The van der Waals surface area contributed by atoms with Crippen molar-refractivity contribution in [1.29, 1.82) is 0 Å². The van der Waals surface area contributed by atoms with Crippen LogP contribution in [0.4, 0.5) is 5.82 Å². The lowest BCUT2D eigenvalue weighted by atomic mass is 10.0. The van der Waals surface area contributed by atoms with Crippen molar-refractivity contribution in [2.45, 2.75) is 33.2 Å². The van der Waals surface area contributed by atoms with Crippen LogP contribution in [0.1, 0.15) is 23.8 Å². The summed E-state index contributed by atoms with van der Waals surface area (Å²) >= 11 is 1.74. The average Bonchev–Trinajstić information content (AvgIpc) is 3.00. The molecule has 2 aromatic heterocycles. The van der Waals surface area contributed by atoms with E-state index in [4.69, 9.17) is 4.74 Å². The second-order valence-corrected chi connectivity index (χ2v) is 6.45. The van der Waals surface area contributed by atoms with Crippen molar-refractivity contribution in [2.75, 3.05) is 18.5 Å². The molecule has 0 amide bonds. The Balaban J connectivity index is 1.91. The van der Waals surface area contributed by atoms with Gasteiger partial charge in [0.2, 0.25) is 0 Å². The van der Waals surface area contributed by atoms with Gasteiger partial charge >= 0.3 is 0 Å². The first-order valence-corrected chi connectivity index (χ1v) is 7.53. The van der Waals surface area contributed by atoms with Crippen molar-refractivity contribution < 1.29 is 4.74 Å². The Morgan fingerprint density at radius 1 is 1.42 bits per heavy atom. The van der Waals surface area contributed by atoms with Gasteiger partial charge in [0.25, 0.3) is 0 Å². The van der Waals surface area contributed by atoms with Gasteiger partial charge in [0.05, 0.1) is 12.0 Å². The van der Waals surface area contributed by atoms with Gasteiger partial charge in [-0.25, -0.2) is 9.97 Å². The molecule has 1 saturated heterocycles. The molecule has 3 heterocycles. The van der Waals surface area contributed by atoms with E-state index >= 15 is 0 Å². The number of thiophene rings is 1. The zero-order chi connectivity index (χ0) is 13.4. The molecule has 1 aliphatic rings. The van der Waals surface area contributed by atoms with Gasteiger partial charge in [-0.1, -0.05) is 0 Å². The Bertz CT molecular complexity index is 590. The van der Waals surface area contributed by atoms with Crippen molar-refractivity contribution in [3.8, 4) is 0 Å². The number of ether oxygens (including phenoxy) is 1. The average molecular weight is 277 g/mol. The van der Waals surface area contributed by atoms with Gasteiger partial charge < -0.3 is 10.1 Å². The minimum atomic E-state index is 0.375. The highest BCUT2D eigenvalue weighted by atomic mass is 32.1. The molecule has 19 heavy (non-hydrogen) atoms. The molecule has 1 fully saturated rings. The third kappa shape index (κ3) is 2.32. The van der Waals surface area contributed by atoms with Gasteiger partial charge in [-0.15, -0.1) is 11.3 Å². The van der Waals surface area contributed by atoms with Crippen LogP contribution >= 0.6 is 11.3 Å².